The van der Waals surface area contributed by atoms with Crippen molar-refractivity contribution in [1.82, 2.24) is 0 Å². The fraction of sp³-hybridized carbons (Fsp3) is 0.222. The second kappa shape index (κ2) is 7.98. The van der Waals surface area contributed by atoms with Crippen LogP contribution in [-0.2, 0) is 11.2 Å². The lowest BCUT2D eigenvalue weighted by molar-refractivity contribution is -0.116. The van der Waals surface area contributed by atoms with Crippen LogP contribution in [0.2, 0.25) is 0 Å². The van der Waals surface area contributed by atoms with E-state index in [1.54, 1.807) is 12.1 Å². The Balaban J connectivity index is 1.95. The molecule has 0 radical (unpaired) electrons. The van der Waals surface area contributed by atoms with Crippen LogP contribution in [0.3, 0.4) is 0 Å². The summed E-state index contributed by atoms with van der Waals surface area (Å²) < 4.78 is 0. The first-order chi connectivity index (χ1) is 11.1. The average Bonchev–Trinajstić information content (AvgIpc) is 2.51. The Kier molecular flexibility index (Phi) is 5.74. The highest BCUT2D eigenvalue weighted by atomic mass is 16.4. The van der Waals surface area contributed by atoms with E-state index in [0.29, 0.717) is 12.1 Å². The third-order valence-corrected chi connectivity index (χ3v) is 3.33. The molecule has 0 unspecified atom stereocenters. The summed E-state index contributed by atoms with van der Waals surface area (Å²) in [5.41, 5.74) is 3.56. The average molecular weight is 312 g/mol. The van der Waals surface area contributed by atoms with Gasteiger partial charge in [0.1, 0.15) is 0 Å². The normalized spacial score (nSPS) is 10.1. The highest BCUT2D eigenvalue weighted by Crippen LogP contribution is 2.16. The molecule has 2 amide bonds. The maximum Gasteiger partial charge on any atom is 0.409 e. The molecule has 2 aromatic carbocycles. The van der Waals surface area contributed by atoms with E-state index in [1.165, 1.54) is 0 Å². The van der Waals surface area contributed by atoms with E-state index in [1.807, 2.05) is 43.3 Å². The van der Waals surface area contributed by atoms with Gasteiger partial charge in [-0.2, -0.15) is 0 Å². The first kappa shape index (κ1) is 16.5. The number of carbonyl (C=O) groups excluding carboxylic acids is 1. The molecule has 0 aliphatic carbocycles. The van der Waals surface area contributed by atoms with Crippen molar-refractivity contribution in [3.8, 4) is 0 Å². The van der Waals surface area contributed by atoms with Crippen LogP contribution in [-0.4, -0.2) is 17.1 Å². The van der Waals surface area contributed by atoms with Crippen LogP contribution in [0.25, 0.3) is 0 Å². The van der Waals surface area contributed by atoms with Gasteiger partial charge in [-0.25, -0.2) is 4.79 Å². The van der Waals surface area contributed by atoms with Crippen LogP contribution in [0, 0.1) is 0 Å². The highest BCUT2D eigenvalue weighted by Gasteiger charge is 2.02. The smallest absolute Gasteiger partial charge is 0.409 e. The highest BCUT2D eigenvalue weighted by molar-refractivity contribution is 5.90. The Hall–Kier alpha value is -2.82. The molecule has 0 fully saturated rings. The first-order valence-electron chi connectivity index (χ1n) is 7.54. The Labute approximate surface area is 135 Å². The van der Waals surface area contributed by atoms with Gasteiger partial charge in [0.05, 0.1) is 0 Å². The summed E-state index contributed by atoms with van der Waals surface area (Å²) in [5, 5.41) is 13.8. The van der Waals surface area contributed by atoms with Gasteiger partial charge in [0, 0.05) is 17.8 Å². The molecule has 0 atom stereocenters. The van der Waals surface area contributed by atoms with E-state index < -0.39 is 6.09 Å². The zero-order chi connectivity index (χ0) is 16.7. The molecule has 0 saturated carbocycles. The lowest BCUT2D eigenvalue weighted by atomic mass is 10.0. The second-order valence-corrected chi connectivity index (χ2v) is 5.30. The fourth-order valence-electron chi connectivity index (χ4n) is 2.22. The van der Waals surface area contributed by atoms with E-state index in [-0.39, 0.29) is 5.91 Å². The molecule has 0 aromatic heterocycles. The summed E-state index contributed by atoms with van der Waals surface area (Å²) in [7, 11) is 0. The van der Waals surface area contributed by atoms with Crippen LogP contribution < -0.4 is 10.6 Å². The van der Waals surface area contributed by atoms with E-state index >= 15 is 0 Å². The van der Waals surface area contributed by atoms with Crippen molar-refractivity contribution in [2.45, 2.75) is 26.2 Å². The molecule has 0 aliphatic heterocycles. The summed E-state index contributed by atoms with van der Waals surface area (Å²) in [6.45, 7) is 1.97. The molecular weight excluding hydrogens is 292 g/mol. The quantitative estimate of drug-likeness (QED) is 0.751. The largest absolute Gasteiger partial charge is 0.465 e. The topological polar surface area (TPSA) is 78.4 Å². The number of anilines is 2. The molecule has 0 bridgehead atoms. The van der Waals surface area contributed by atoms with Gasteiger partial charge < -0.3 is 10.4 Å². The zero-order valence-corrected chi connectivity index (χ0v) is 13.0. The molecule has 2 rings (SSSR count). The van der Waals surface area contributed by atoms with Crippen molar-refractivity contribution < 1.29 is 14.7 Å². The molecule has 0 heterocycles. The van der Waals surface area contributed by atoms with Crippen LogP contribution in [0.15, 0.2) is 48.5 Å². The first-order valence-corrected chi connectivity index (χ1v) is 7.54. The minimum Gasteiger partial charge on any atom is -0.465 e. The SMILES string of the molecule is CCCC(=O)Nc1ccc(Cc2ccc(NC(=O)O)cc2)cc1. The lowest BCUT2D eigenvalue weighted by Gasteiger charge is -2.07. The van der Waals surface area contributed by atoms with E-state index in [9.17, 15) is 9.59 Å². The molecular formula is C18H20N2O3. The summed E-state index contributed by atoms with van der Waals surface area (Å²) in [6, 6.07) is 15.0. The van der Waals surface area contributed by atoms with Gasteiger partial charge in [0.2, 0.25) is 5.91 Å². The van der Waals surface area contributed by atoms with Crippen molar-refractivity contribution in [2.75, 3.05) is 10.6 Å². The number of rotatable bonds is 6. The fourth-order valence-corrected chi connectivity index (χ4v) is 2.22. The Morgan fingerprint density at radius 1 is 0.870 bits per heavy atom. The Morgan fingerprint density at radius 2 is 1.35 bits per heavy atom. The van der Waals surface area contributed by atoms with Crippen LogP contribution in [0.1, 0.15) is 30.9 Å². The third-order valence-electron chi connectivity index (χ3n) is 3.33. The molecule has 5 nitrogen and oxygen atoms in total. The summed E-state index contributed by atoms with van der Waals surface area (Å²) >= 11 is 0. The molecule has 3 N–H and O–H groups in total. The number of hydrogen-bond acceptors (Lipinski definition) is 2. The third kappa shape index (κ3) is 5.47. The van der Waals surface area contributed by atoms with E-state index in [4.69, 9.17) is 5.11 Å². The van der Waals surface area contributed by atoms with Crippen molar-refractivity contribution in [2.24, 2.45) is 0 Å². The van der Waals surface area contributed by atoms with Gasteiger partial charge in [0.25, 0.3) is 0 Å². The van der Waals surface area contributed by atoms with Crippen molar-refractivity contribution in [1.29, 1.82) is 0 Å². The molecule has 0 spiro atoms. The van der Waals surface area contributed by atoms with Gasteiger partial charge >= 0.3 is 6.09 Å². The van der Waals surface area contributed by atoms with Gasteiger partial charge in [-0.1, -0.05) is 31.2 Å². The number of benzene rings is 2. The minimum absolute atomic E-state index is 0.0294. The van der Waals surface area contributed by atoms with Crippen molar-refractivity contribution in [3.05, 3.63) is 59.7 Å². The van der Waals surface area contributed by atoms with Gasteiger partial charge in [0.15, 0.2) is 0 Å². The standard InChI is InChI=1S/C18H20N2O3/c1-2-3-17(21)19-15-8-4-13(5-9-15)12-14-6-10-16(11-7-14)20-18(22)23/h4-11,20H,2-3,12H2,1H3,(H,19,21)(H,22,23). The van der Waals surface area contributed by atoms with Crippen LogP contribution in [0.5, 0.6) is 0 Å². The maximum atomic E-state index is 11.5. The Bertz CT molecular complexity index is 664. The summed E-state index contributed by atoms with van der Waals surface area (Å²) in [6.07, 6.45) is 1.03. The molecule has 5 heteroatoms. The van der Waals surface area contributed by atoms with Crippen LogP contribution >= 0.6 is 0 Å². The van der Waals surface area contributed by atoms with E-state index in [0.717, 1.165) is 29.7 Å². The number of hydrogen-bond donors (Lipinski definition) is 3. The van der Waals surface area contributed by atoms with Crippen molar-refractivity contribution >= 4 is 23.4 Å². The molecule has 0 aliphatic rings. The molecule has 0 saturated heterocycles. The number of carbonyl (C=O) groups is 2. The van der Waals surface area contributed by atoms with Gasteiger partial charge in [-0.15, -0.1) is 0 Å². The van der Waals surface area contributed by atoms with Crippen molar-refractivity contribution in [3.63, 3.8) is 0 Å². The Morgan fingerprint density at radius 3 is 1.78 bits per heavy atom. The lowest BCUT2D eigenvalue weighted by Crippen LogP contribution is -2.10. The maximum absolute atomic E-state index is 11.5. The molecule has 120 valence electrons. The molecule has 2 aromatic rings. The van der Waals surface area contributed by atoms with Gasteiger partial charge in [-0.05, 0) is 48.2 Å². The number of amides is 2. The minimum atomic E-state index is -1.07. The number of nitrogens with one attached hydrogen (secondary N) is 2. The number of carboxylic acid groups (broad SMARTS) is 1. The van der Waals surface area contributed by atoms with Crippen LogP contribution in [0.4, 0.5) is 16.2 Å². The predicted octanol–water partition coefficient (Wildman–Crippen LogP) is 4.11. The van der Waals surface area contributed by atoms with Gasteiger partial charge in [-0.3, -0.25) is 10.1 Å². The second-order valence-electron chi connectivity index (χ2n) is 5.30. The summed E-state index contributed by atoms with van der Waals surface area (Å²) in [5.74, 6) is 0.0294. The predicted molar refractivity (Wildman–Crippen MR) is 90.9 cm³/mol. The molecule has 23 heavy (non-hydrogen) atoms. The zero-order valence-electron chi connectivity index (χ0n) is 13.0. The summed E-state index contributed by atoms with van der Waals surface area (Å²) in [4.78, 5) is 22.1. The monoisotopic (exact) mass is 312 g/mol. The van der Waals surface area contributed by atoms with E-state index in [2.05, 4.69) is 10.6 Å².